The lowest BCUT2D eigenvalue weighted by molar-refractivity contribution is -0.139. The summed E-state index contributed by atoms with van der Waals surface area (Å²) >= 11 is 1.53. The molecule has 0 bridgehead atoms. The molecule has 0 radical (unpaired) electrons. The lowest BCUT2D eigenvalue weighted by atomic mass is 10.1. The Balaban J connectivity index is 1.57. The molecule has 1 fully saturated rings. The highest BCUT2D eigenvalue weighted by Gasteiger charge is 2.36. The molecule has 7 N–H and O–H groups in total. The number of nitrogens with zero attached hydrogens (tertiary/aromatic N) is 1. The molecular formula is C26H36N6O2S. The summed E-state index contributed by atoms with van der Waals surface area (Å²) in [5, 5.41) is 10.5. The van der Waals surface area contributed by atoms with Crippen molar-refractivity contribution in [2.75, 3.05) is 13.1 Å². The molecule has 2 unspecified atom stereocenters. The molecule has 188 valence electrons. The highest BCUT2D eigenvalue weighted by molar-refractivity contribution is 7.96. The molecule has 9 heteroatoms. The average Bonchev–Trinajstić information content (AvgIpc) is 3.37. The SMILES string of the molecule is N=C(N)c1ccc(CNC(=O)C2CCCN2C(=O)C(CCCCN)NSCc2ccccc2)cc1. The Labute approximate surface area is 211 Å². The van der Waals surface area contributed by atoms with E-state index in [2.05, 4.69) is 22.2 Å². The van der Waals surface area contributed by atoms with E-state index < -0.39 is 6.04 Å². The molecule has 2 amide bonds. The van der Waals surface area contributed by atoms with Crippen LogP contribution in [0, 0.1) is 5.41 Å². The third kappa shape index (κ3) is 8.09. The van der Waals surface area contributed by atoms with E-state index in [1.54, 1.807) is 17.0 Å². The second-order valence-corrected chi connectivity index (χ2v) is 9.56. The van der Waals surface area contributed by atoms with Crippen LogP contribution in [-0.4, -0.2) is 47.7 Å². The number of hydrogen-bond acceptors (Lipinski definition) is 6. The summed E-state index contributed by atoms with van der Waals surface area (Å²) < 4.78 is 3.36. The molecule has 2 aromatic rings. The quantitative estimate of drug-likeness (QED) is 0.125. The summed E-state index contributed by atoms with van der Waals surface area (Å²) in [5.41, 5.74) is 13.9. The molecule has 1 aliphatic rings. The van der Waals surface area contributed by atoms with Crippen molar-refractivity contribution in [1.82, 2.24) is 14.9 Å². The lowest BCUT2D eigenvalue weighted by Crippen LogP contribution is -2.51. The first-order valence-electron chi connectivity index (χ1n) is 12.1. The van der Waals surface area contributed by atoms with Crippen LogP contribution >= 0.6 is 11.9 Å². The Kier molecular flexibility index (Phi) is 10.6. The monoisotopic (exact) mass is 496 g/mol. The molecule has 2 atom stereocenters. The molecule has 1 saturated heterocycles. The summed E-state index contributed by atoms with van der Waals surface area (Å²) in [5.74, 6) is 0.612. The van der Waals surface area contributed by atoms with Crippen molar-refractivity contribution in [2.24, 2.45) is 11.5 Å². The maximum atomic E-state index is 13.5. The number of unbranched alkanes of at least 4 members (excludes halogenated alkanes) is 1. The molecule has 0 aromatic heterocycles. The largest absolute Gasteiger partial charge is 0.384 e. The standard InChI is InChI=1S/C26H36N6O2S/c27-15-5-4-9-22(31-35-18-20-7-2-1-3-8-20)26(34)32-16-6-10-23(32)25(33)30-17-19-11-13-21(14-12-19)24(28)29/h1-3,7-8,11-14,22-23,31H,4-6,9-10,15-18,27H2,(H3,28,29)(H,30,33). The zero-order valence-electron chi connectivity index (χ0n) is 20.0. The number of nitrogens with one attached hydrogen (secondary N) is 3. The molecule has 2 aromatic carbocycles. The molecule has 3 rings (SSSR count). The summed E-state index contributed by atoms with van der Waals surface area (Å²) in [6.07, 6.45) is 3.87. The Bertz CT molecular complexity index is 970. The molecule has 35 heavy (non-hydrogen) atoms. The van der Waals surface area contributed by atoms with Crippen molar-refractivity contribution in [2.45, 2.75) is 56.5 Å². The van der Waals surface area contributed by atoms with Gasteiger partial charge in [0, 0.05) is 24.4 Å². The molecule has 0 saturated carbocycles. The van der Waals surface area contributed by atoms with Crippen molar-refractivity contribution in [3.63, 3.8) is 0 Å². The van der Waals surface area contributed by atoms with Crippen molar-refractivity contribution in [1.29, 1.82) is 5.41 Å². The van der Waals surface area contributed by atoms with Gasteiger partial charge < -0.3 is 21.7 Å². The first kappa shape index (κ1) is 26.7. The van der Waals surface area contributed by atoms with Gasteiger partial charge in [-0.3, -0.25) is 19.7 Å². The van der Waals surface area contributed by atoms with Gasteiger partial charge in [-0.2, -0.15) is 0 Å². The fourth-order valence-corrected chi connectivity index (χ4v) is 5.00. The van der Waals surface area contributed by atoms with E-state index in [0.29, 0.717) is 38.0 Å². The van der Waals surface area contributed by atoms with Gasteiger partial charge in [0.25, 0.3) is 0 Å². The first-order valence-corrected chi connectivity index (χ1v) is 13.1. The zero-order valence-corrected chi connectivity index (χ0v) is 20.9. The van der Waals surface area contributed by atoms with Crippen LogP contribution < -0.4 is 21.5 Å². The molecule has 8 nitrogen and oxygen atoms in total. The van der Waals surface area contributed by atoms with E-state index in [1.807, 2.05) is 30.3 Å². The smallest absolute Gasteiger partial charge is 0.243 e. The average molecular weight is 497 g/mol. The Hall–Kier alpha value is -2.88. The predicted molar refractivity (Wildman–Crippen MR) is 142 cm³/mol. The normalized spacial score (nSPS) is 16.1. The number of carbonyl (C=O) groups is 2. The van der Waals surface area contributed by atoms with Crippen LogP contribution in [0.3, 0.4) is 0 Å². The summed E-state index contributed by atoms with van der Waals surface area (Å²) in [6.45, 7) is 1.55. The van der Waals surface area contributed by atoms with E-state index in [0.717, 1.165) is 30.6 Å². The van der Waals surface area contributed by atoms with E-state index >= 15 is 0 Å². The summed E-state index contributed by atoms with van der Waals surface area (Å²) in [7, 11) is 0. The number of hydrogen-bond donors (Lipinski definition) is 5. The van der Waals surface area contributed by atoms with Crippen LogP contribution in [-0.2, 0) is 21.9 Å². The zero-order chi connectivity index (χ0) is 25.0. The van der Waals surface area contributed by atoms with Gasteiger partial charge in [0.1, 0.15) is 11.9 Å². The lowest BCUT2D eigenvalue weighted by Gasteiger charge is -2.28. The topological polar surface area (TPSA) is 137 Å². The van der Waals surface area contributed by atoms with Crippen LogP contribution in [0.25, 0.3) is 0 Å². The number of benzene rings is 2. The third-order valence-corrected chi connectivity index (χ3v) is 7.05. The molecule has 0 aliphatic carbocycles. The van der Waals surface area contributed by atoms with Gasteiger partial charge in [0.2, 0.25) is 11.8 Å². The molecule has 0 spiro atoms. The Morgan fingerprint density at radius 3 is 2.51 bits per heavy atom. The minimum absolute atomic E-state index is 0.0113. The van der Waals surface area contributed by atoms with Gasteiger partial charge >= 0.3 is 0 Å². The highest BCUT2D eigenvalue weighted by atomic mass is 32.2. The van der Waals surface area contributed by atoms with Gasteiger partial charge in [-0.25, -0.2) is 0 Å². The van der Waals surface area contributed by atoms with Crippen LogP contribution in [0.1, 0.15) is 48.8 Å². The van der Waals surface area contributed by atoms with Crippen LogP contribution in [0.15, 0.2) is 54.6 Å². The number of amidine groups is 1. The number of amides is 2. The van der Waals surface area contributed by atoms with Crippen LogP contribution in [0.5, 0.6) is 0 Å². The fraction of sp³-hybridized carbons (Fsp3) is 0.423. The van der Waals surface area contributed by atoms with E-state index in [4.69, 9.17) is 16.9 Å². The Morgan fingerprint density at radius 2 is 1.83 bits per heavy atom. The van der Waals surface area contributed by atoms with Crippen molar-refractivity contribution < 1.29 is 9.59 Å². The van der Waals surface area contributed by atoms with E-state index in [-0.39, 0.29) is 23.7 Å². The van der Waals surface area contributed by atoms with Gasteiger partial charge in [0.15, 0.2) is 0 Å². The minimum Gasteiger partial charge on any atom is -0.384 e. The second-order valence-electron chi connectivity index (χ2n) is 8.75. The third-order valence-electron chi connectivity index (χ3n) is 6.12. The van der Waals surface area contributed by atoms with Crippen molar-refractivity contribution in [3.05, 3.63) is 71.3 Å². The van der Waals surface area contributed by atoms with Crippen LogP contribution in [0.4, 0.5) is 0 Å². The molecule has 1 aliphatic heterocycles. The molecule has 1 heterocycles. The number of carbonyl (C=O) groups excluding carboxylic acids is 2. The van der Waals surface area contributed by atoms with Gasteiger partial charge in [0.05, 0.1) is 6.04 Å². The molecular weight excluding hydrogens is 460 g/mol. The first-order chi connectivity index (χ1) is 17.0. The number of rotatable bonds is 13. The second kappa shape index (κ2) is 13.9. The number of nitrogens with two attached hydrogens (primary N) is 2. The number of nitrogen functional groups attached to an aromatic ring is 1. The maximum Gasteiger partial charge on any atom is 0.243 e. The van der Waals surface area contributed by atoms with E-state index in [1.165, 1.54) is 17.5 Å². The van der Waals surface area contributed by atoms with Crippen LogP contribution in [0.2, 0.25) is 0 Å². The van der Waals surface area contributed by atoms with Crippen molar-refractivity contribution in [3.8, 4) is 0 Å². The van der Waals surface area contributed by atoms with Gasteiger partial charge in [-0.1, -0.05) is 73.0 Å². The Morgan fingerprint density at radius 1 is 1.09 bits per heavy atom. The number of likely N-dealkylation sites (tertiary alicyclic amines) is 1. The predicted octanol–water partition coefficient (Wildman–Crippen LogP) is 2.51. The summed E-state index contributed by atoms with van der Waals surface area (Å²) in [6, 6.07) is 16.5. The van der Waals surface area contributed by atoms with Gasteiger partial charge in [-0.15, -0.1) is 0 Å². The minimum atomic E-state index is -0.461. The van der Waals surface area contributed by atoms with E-state index in [9.17, 15) is 9.59 Å². The van der Waals surface area contributed by atoms with Gasteiger partial charge in [-0.05, 0) is 43.4 Å². The maximum absolute atomic E-state index is 13.5. The summed E-state index contributed by atoms with van der Waals surface area (Å²) in [4.78, 5) is 28.2. The van der Waals surface area contributed by atoms with Crippen molar-refractivity contribution >= 4 is 29.6 Å². The fourth-order valence-electron chi connectivity index (χ4n) is 4.14. The highest BCUT2D eigenvalue weighted by Crippen LogP contribution is 2.21.